The van der Waals surface area contributed by atoms with Gasteiger partial charge in [0, 0.05) is 17.4 Å². The molecular weight excluding hydrogens is 379 g/mol. The van der Waals surface area contributed by atoms with Crippen LogP contribution in [0.3, 0.4) is 0 Å². The number of carbonyl (C=O) groups excluding carboxylic acids is 2. The van der Waals surface area contributed by atoms with Crippen LogP contribution in [0, 0.1) is 19.8 Å². The van der Waals surface area contributed by atoms with Crippen molar-refractivity contribution >= 4 is 17.7 Å². The minimum absolute atomic E-state index is 0.0411. The summed E-state index contributed by atoms with van der Waals surface area (Å²) in [7, 11) is 0. The summed E-state index contributed by atoms with van der Waals surface area (Å²) < 4.78 is 44.7. The van der Waals surface area contributed by atoms with E-state index in [1.165, 1.54) is 4.52 Å². The molecule has 2 heterocycles. The lowest BCUT2D eigenvalue weighted by Gasteiger charge is -2.30. The van der Waals surface area contributed by atoms with Crippen LogP contribution in [-0.2, 0) is 9.53 Å². The topological polar surface area (TPSA) is 89.7 Å². The zero-order chi connectivity index (χ0) is 20.6. The molecule has 0 saturated heterocycles. The maximum absolute atomic E-state index is 12.8. The van der Waals surface area contributed by atoms with Crippen LogP contribution < -0.4 is 0 Å². The number of ether oxygens (including phenoxy) is 1. The van der Waals surface area contributed by atoms with Gasteiger partial charge in [0.25, 0.3) is 17.5 Å². The Hall–Kier alpha value is -2.72. The molecule has 8 nitrogen and oxygen atoms in total. The third-order valence-electron chi connectivity index (χ3n) is 4.59. The number of alkyl halides is 3. The van der Waals surface area contributed by atoms with Crippen molar-refractivity contribution < 1.29 is 27.5 Å². The van der Waals surface area contributed by atoms with Gasteiger partial charge in [-0.15, -0.1) is 5.10 Å². The fourth-order valence-electron chi connectivity index (χ4n) is 3.01. The monoisotopic (exact) mass is 399 g/mol. The van der Waals surface area contributed by atoms with E-state index in [-0.39, 0.29) is 17.5 Å². The van der Waals surface area contributed by atoms with Crippen LogP contribution in [0.15, 0.2) is 6.07 Å². The molecule has 0 aromatic carbocycles. The first kappa shape index (κ1) is 20.0. The Bertz CT molecular complexity index is 907. The van der Waals surface area contributed by atoms with Crippen molar-refractivity contribution in [1.29, 1.82) is 0 Å². The van der Waals surface area contributed by atoms with E-state index < -0.39 is 37.2 Å². The number of aromatic nitrogens is 4. The first-order valence-corrected chi connectivity index (χ1v) is 8.79. The molecule has 0 unspecified atom stereocenters. The number of halogens is 3. The fraction of sp³-hybridized carbons (Fsp3) is 0.588. The summed E-state index contributed by atoms with van der Waals surface area (Å²) in [5.74, 6) is -1.98. The van der Waals surface area contributed by atoms with Crippen molar-refractivity contribution in [2.45, 2.75) is 45.8 Å². The Balaban J connectivity index is 1.68. The Morgan fingerprint density at radius 2 is 2.00 bits per heavy atom. The van der Waals surface area contributed by atoms with Gasteiger partial charge in [-0.1, -0.05) is 0 Å². The Morgan fingerprint density at radius 3 is 2.61 bits per heavy atom. The van der Waals surface area contributed by atoms with E-state index in [1.807, 2.05) is 0 Å². The van der Waals surface area contributed by atoms with Crippen molar-refractivity contribution in [2.75, 3.05) is 13.2 Å². The number of hydrogen-bond acceptors (Lipinski definition) is 6. The fourth-order valence-corrected chi connectivity index (χ4v) is 3.01. The summed E-state index contributed by atoms with van der Waals surface area (Å²) >= 11 is 0. The van der Waals surface area contributed by atoms with Gasteiger partial charge >= 0.3 is 12.1 Å². The Labute approximate surface area is 158 Å². The quantitative estimate of drug-likeness (QED) is 0.691. The number of hydrogen-bond donors (Lipinski definition) is 0. The van der Waals surface area contributed by atoms with E-state index in [1.54, 1.807) is 26.8 Å². The Morgan fingerprint density at radius 1 is 1.32 bits per heavy atom. The standard InChI is InChI=1S/C17H20F3N5O3/c1-9-6-10(2)25-16(21-9)22-14(23-25)15(27)28-7-13(26)24(8-17(18,19)20)11(3)12-4-5-12/h6,11-12H,4-5,7-8H2,1-3H3/t11-/m0/s1. The summed E-state index contributed by atoms with van der Waals surface area (Å²) in [5, 5.41) is 3.97. The maximum Gasteiger partial charge on any atom is 0.406 e. The molecule has 1 fully saturated rings. The predicted molar refractivity (Wildman–Crippen MR) is 90.5 cm³/mol. The molecule has 2 aromatic heterocycles. The minimum Gasteiger partial charge on any atom is -0.450 e. The molecule has 152 valence electrons. The molecule has 0 bridgehead atoms. The van der Waals surface area contributed by atoms with Crippen LogP contribution in [-0.4, -0.2) is 61.7 Å². The lowest BCUT2D eigenvalue weighted by atomic mass is 10.2. The lowest BCUT2D eigenvalue weighted by Crippen LogP contribution is -2.47. The molecule has 1 atom stereocenters. The first-order valence-electron chi connectivity index (χ1n) is 8.79. The molecule has 3 rings (SSSR count). The summed E-state index contributed by atoms with van der Waals surface area (Å²) in [5.41, 5.74) is 1.38. The van der Waals surface area contributed by atoms with Gasteiger partial charge in [-0.25, -0.2) is 14.3 Å². The highest BCUT2D eigenvalue weighted by Gasteiger charge is 2.40. The molecule has 1 aliphatic rings. The molecular formula is C17H20F3N5O3. The van der Waals surface area contributed by atoms with Crippen LogP contribution >= 0.6 is 0 Å². The van der Waals surface area contributed by atoms with Crippen LogP contribution in [0.5, 0.6) is 0 Å². The molecule has 1 aliphatic carbocycles. The van der Waals surface area contributed by atoms with E-state index in [4.69, 9.17) is 4.74 Å². The van der Waals surface area contributed by atoms with Gasteiger partial charge in [-0.05, 0) is 45.6 Å². The normalized spacial score (nSPS) is 15.5. The minimum atomic E-state index is -4.53. The number of aryl methyl sites for hydroxylation is 2. The summed E-state index contributed by atoms with van der Waals surface area (Å²) in [6.45, 7) is 2.89. The molecule has 0 N–H and O–H groups in total. The number of carbonyl (C=O) groups is 2. The molecule has 0 spiro atoms. The zero-order valence-corrected chi connectivity index (χ0v) is 15.7. The molecule has 28 heavy (non-hydrogen) atoms. The highest BCUT2D eigenvalue weighted by atomic mass is 19.4. The van der Waals surface area contributed by atoms with Crippen molar-refractivity contribution in [2.24, 2.45) is 5.92 Å². The first-order chi connectivity index (χ1) is 13.0. The van der Waals surface area contributed by atoms with Crippen LogP contribution in [0.4, 0.5) is 13.2 Å². The third-order valence-corrected chi connectivity index (χ3v) is 4.59. The van der Waals surface area contributed by atoms with E-state index in [0.717, 1.165) is 17.7 Å². The van der Waals surface area contributed by atoms with Crippen molar-refractivity contribution in [3.05, 3.63) is 23.3 Å². The molecule has 1 saturated carbocycles. The third kappa shape index (κ3) is 4.57. The number of rotatable bonds is 6. The van der Waals surface area contributed by atoms with Gasteiger partial charge in [0.15, 0.2) is 6.61 Å². The number of fused-ring (bicyclic) bond motifs is 1. The van der Waals surface area contributed by atoms with Gasteiger partial charge in [0.05, 0.1) is 0 Å². The molecule has 2 aromatic rings. The van der Waals surface area contributed by atoms with Crippen LogP contribution in [0.25, 0.3) is 5.78 Å². The predicted octanol–water partition coefficient (Wildman–Crippen LogP) is 2.09. The van der Waals surface area contributed by atoms with Gasteiger partial charge in [0.1, 0.15) is 6.54 Å². The summed E-state index contributed by atoms with van der Waals surface area (Å²) in [6, 6.07) is 1.17. The second-order valence-corrected chi connectivity index (χ2v) is 6.98. The van der Waals surface area contributed by atoms with Gasteiger partial charge in [-0.2, -0.15) is 18.2 Å². The van der Waals surface area contributed by atoms with Gasteiger partial charge in [-0.3, -0.25) is 4.79 Å². The molecule has 11 heteroatoms. The van der Waals surface area contributed by atoms with Crippen molar-refractivity contribution in [3.8, 4) is 0 Å². The van der Waals surface area contributed by atoms with Crippen LogP contribution in [0.1, 0.15) is 41.8 Å². The van der Waals surface area contributed by atoms with Gasteiger partial charge in [0.2, 0.25) is 0 Å². The SMILES string of the molecule is Cc1cc(C)n2nc(C(=O)OCC(=O)N(CC(F)(F)F)[C@@H](C)C3CC3)nc2n1. The molecule has 0 radical (unpaired) electrons. The summed E-state index contributed by atoms with van der Waals surface area (Å²) in [4.78, 5) is 33.3. The zero-order valence-electron chi connectivity index (χ0n) is 15.7. The van der Waals surface area contributed by atoms with E-state index in [9.17, 15) is 22.8 Å². The van der Waals surface area contributed by atoms with E-state index >= 15 is 0 Å². The smallest absolute Gasteiger partial charge is 0.406 e. The number of nitrogens with zero attached hydrogens (tertiary/aromatic N) is 5. The second-order valence-electron chi connectivity index (χ2n) is 6.98. The molecule has 0 aliphatic heterocycles. The lowest BCUT2D eigenvalue weighted by molar-refractivity contribution is -0.167. The Kier molecular flexibility index (Phi) is 5.26. The maximum atomic E-state index is 12.8. The average molecular weight is 399 g/mol. The van der Waals surface area contributed by atoms with Crippen LogP contribution in [0.2, 0.25) is 0 Å². The van der Waals surface area contributed by atoms with Crippen molar-refractivity contribution in [3.63, 3.8) is 0 Å². The van der Waals surface area contributed by atoms with E-state index in [0.29, 0.717) is 11.4 Å². The number of amides is 1. The largest absolute Gasteiger partial charge is 0.450 e. The average Bonchev–Trinajstić information content (AvgIpc) is 3.35. The highest BCUT2D eigenvalue weighted by molar-refractivity contribution is 5.88. The van der Waals surface area contributed by atoms with E-state index in [2.05, 4.69) is 15.1 Å². The number of esters is 1. The second kappa shape index (κ2) is 7.36. The molecule has 1 amide bonds. The highest BCUT2D eigenvalue weighted by Crippen LogP contribution is 2.36. The summed E-state index contributed by atoms with van der Waals surface area (Å²) in [6.07, 6.45) is -2.98. The van der Waals surface area contributed by atoms with Gasteiger partial charge < -0.3 is 9.64 Å². The van der Waals surface area contributed by atoms with Crippen molar-refractivity contribution in [1.82, 2.24) is 24.5 Å².